The molecule has 1 amide bonds. The summed E-state index contributed by atoms with van der Waals surface area (Å²) in [6.45, 7) is 2.42. The number of aromatic nitrogens is 3. The molecule has 0 atom stereocenters. The molecule has 1 saturated heterocycles. The molecule has 5 rings (SSSR count). The second kappa shape index (κ2) is 7.45. The highest BCUT2D eigenvalue weighted by Crippen LogP contribution is 2.27. The molecule has 9 nitrogen and oxygen atoms in total. The number of piperazine rings is 1. The predicted octanol–water partition coefficient (Wildman–Crippen LogP) is 2.44. The molecular formula is C19H21N7O2S. The number of nitrogens with two attached hydrogens (primary N) is 1. The molecule has 3 heterocycles. The Morgan fingerprint density at radius 3 is 2.83 bits per heavy atom. The standard InChI is InChI=1S/C19H21N7O2S/c20-18-23-16(15-17(24-18)29-11-21-15)25-6-8-26(9-7-25)28-19(27)22-14-5-4-12-2-1-3-13(12)10-14/h4-5,10-11H,1-3,6-9H2,(H,22,27)(H2,20,23,24). The van der Waals surface area contributed by atoms with Gasteiger partial charge in [-0.05, 0) is 42.5 Å². The first-order valence-electron chi connectivity index (χ1n) is 9.63. The van der Waals surface area contributed by atoms with Crippen LogP contribution in [-0.2, 0) is 17.7 Å². The summed E-state index contributed by atoms with van der Waals surface area (Å²) < 4.78 is 0. The van der Waals surface area contributed by atoms with Gasteiger partial charge in [0.25, 0.3) is 0 Å². The van der Waals surface area contributed by atoms with Gasteiger partial charge in [-0.3, -0.25) is 5.32 Å². The molecule has 2 aromatic heterocycles. The third kappa shape index (κ3) is 3.68. The molecule has 2 aliphatic rings. The number of nitrogens with zero attached hydrogens (tertiary/aromatic N) is 5. The lowest BCUT2D eigenvalue weighted by molar-refractivity contribution is -0.0966. The van der Waals surface area contributed by atoms with E-state index >= 15 is 0 Å². The van der Waals surface area contributed by atoms with Gasteiger partial charge in [0.2, 0.25) is 5.95 Å². The van der Waals surface area contributed by atoms with E-state index in [0.29, 0.717) is 26.2 Å². The van der Waals surface area contributed by atoms with Crippen molar-refractivity contribution in [3.63, 3.8) is 0 Å². The molecule has 3 N–H and O–H groups in total. The van der Waals surface area contributed by atoms with Crippen LogP contribution in [0.5, 0.6) is 0 Å². The topological polar surface area (TPSA) is 110 Å². The highest BCUT2D eigenvalue weighted by Gasteiger charge is 2.24. The third-order valence-corrected chi connectivity index (χ3v) is 6.01. The van der Waals surface area contributed by atoms with Crippen molar-refractivity contribution in [2.24, 2.45) is 0 Å². The minimum atomic E-state index is -0.468. The molecule has 1 aliphatic carbocycles. The third-order valence-electron chi connectivity index (χ3n) is 5.29. The normalized spacial score (nSPS) is 16.8. The molecule has 0 bridgehead atoms. The number of thiazole rings is 1. The van der Waals surface area contributed by atoms with Gasteiger partial charge in [0, 0.05) is 18.8 Å². The van der Waals surface area contributed by atoms with Crippen LogP contribution in [-0.4, -0.2) is 52.3 Å². The maximum Gasteiger partial charge on any atom is 0.430 e. The van der Waals surface area contributed by atoms with Crippen LogP contribution in [0.1, 0.15) is 17.5 Å². The van der Waals surface area contributed by atoms with Gasteiger partial charge in [0.1, 0.15) is 5.52 Å². The van der Waals surface area contributed by atoms with Crippen molar-refractivity contribution in [2.45, 2.75) is 19.3 Å². The van der Waals surface area contributed by atoms with Gasteiger partial charge in [-0.1, -0.05) is 6.07 Å². The molecular weight excluding hydrogens is 390 g/mol. The highest BCUT2D eigenvalue weighted by atomic mass is 32.1. The zero-order valence-corrected chi connectivity index (χ0v) is 16.6. The minimum Gasteiger partial charge on any atom is -0.368 e. The zero-order chi connectivity index (χ0) is 19.8. The first-order chi connectivity index (χ1) is 14.2. The summed E-state index contributed by atoms with van der Waals surface area (Å²) in [6, 6.07) is 6.06. The van der Waals surface area contributed by atoms with Crippen molar-refractivity contribution in [3.8, 4) is 0 Å². The van der Waals surface area contributed by atoms with Gasteiger partial charge in [-0.25, -0.2) is 14.8 Å². The van der Waals surface area contributed by atoms with Crippen LogP contribution in [0, 0.1) is 0 Å². The SMILES string of the molecule is Nc1nc(N2CCN(OC(=O)Nc3ccc4c(c3)CCC4)CC2)c2ncsc2n1. The lowest BCUT2D eigenvalue weighted by Gasteiger charge is -2.33. The van der Waals surface area contributed by atoms with Crippen LogP contribution in [0.15, 0.2) is 23.7 Å². The van der Waals surface area contributed by atoms with Crippen molar-refractivity contribution in [1.29, 1.82) is 0 Å². The second-order valence-electron chi connectivity index (χ2n) is 7.17. The van der Waals surface area contributed by atoms with E-state index in [2.05, 4.69) is 31.2 Å². The maximum absolute atomic E-state index is 12.3. The van der Waals surface area contributed by atoms with E-state index in [1.807, 2.05) is 12.1 Å². The van der Waals surface area contributed by atoms with Crippen LogP contribution >= 0.6 is 11.3 Å². The average molecular weight is 411 g/mol. The smallest absolute Gasteiger partial charge is 0.368 e. The van der Waals surface area contributed by atoms with Gasteiger partial charge in [-0.2, -0.15) is 4.98 Å². The van der Waals surface area contributed by atoms with E-state index in [1.54, 1.807) is 10.6 Å². The fourth-order valence-electron chi connectivity index (χ4n) is 3.88. The fraction of sp³-hybridized carbons (Fsp3) is 0.368. The number of nitrogens with one attached hydrogen (secondary N) is 1. The van der Waals surface area contributed by atoms with Crippen LogP contribution in [0.2, 0.25) is 0 Å². The minimum absolute atomic E-state index is 0.240. The summed E-state index contributed by atoms with van der Waals surface area (Å²) in [7, 11) is 0. The number of carbonyl (C=O) groups excluding carboxylic acids is 1. The van der Waals surface area contributed by atoms with Gasteiger partial charge in [0.05, 0.1) is 18.6 Å². The molecule has 0 radical (unpaired) electrons. The molecule has 150 valence electrons. The Kier molecular flexibility index (Phi) is 4.64. The number of hydrogen-bond donors (Lipinski definition) is 2. The summed E-state index contributed by atoms with van der Waals surface area (Å²) in [4.78, 5) is 33.6. The Morgan fingerprint density at radius 2 is 1.97 bits per heavy atom. The molecule has 29 heavy (non-hydrogen) atoms. The molecule has 1 fully saturated rings. The number of aryl methyl sites for hydroxylation is 2. The molecule has 10 heteroatoms. The number of carbonyl (C=O) groups is 1. The highest BCUT2D eigenvalue weighted by molar-refractivity contribution is 7.16. The Balaban J connectivity index is 1.19. The Hall–Kier alpha value is -2.98. The summed E-state index contributed by atoms with van der Waals surface area (Å²) in [5.41, 5.74) is 11.8. The van der Waals surface area contributed by atoms with Gasteiger partial charge >= 0.3 is 6.09 Å². The second-order valence-corrected chi connectivity index (χ2v) is 8.00. The van der Waals surface area contributed by atoms with E-state index < -0.39 is 6.09 Å². The number of hydroxylamine groups is 2. The number of rotatable bonds is 3. The van der Waals surface area contributed by atoms with Crippen LogP contribution in [0.25, 0.3) is 10.3 Å². The van der Waals surface area contributed by atoms with Crippen LogP contribution < -0.4 is 16.0 Å². The summed E-state index contributed by atoms with van der Waals surface area (Å²) in [5.74, 6) is 0.972. The van der Waals surface area contributed by atoms with Gasteiger partial charge < -0.3 is 15.5 Å². The Labute approximate surface area is 171 Å². The van der Waals surface area contributed by atoms with E-state index in [0.717, 1.165) is 34.7 Å². The molecule has 1 aromatic carbocycles. The summed E-state index contributed by atoms with van der Waals surface area (Å²) >= 11 is 1.44. The lowest BCUT2D eigenvalue weighted by Crippen LogP contribution is -2.47. The number of anilines is 3. The van der Waals surface area contributed by atoms with Gasteiger partial charge in [0.15, 0.2) is 10.6 Å². The zero-order valence-electron chi connectivity index (χ0n) is 15.8. The van der Waals surface area contributed by atoms with E-state index in [1.165, 1.54) is 28.9 Å². The largest absolute Gasteiger partial charge is 0.430 e. The van der Waals surface area contributed by atoms with Gasteiger partial charge in [-0.15, -0.1) is 16.4 Å². The Morgan fingerprint density at radius 1 is 1.14 bits per heavy atom. The number of hydrogen-bond acceptors (Lipinski definition) is 9. The van der Waals surface area contributed by atoms with E-state index in [4.69, 9.17) is 10.6 Å². The van der Waals surface area contributed by atoms with Crippen molar-refractivity contribution >= 4 is 45.2 Å². The number of amides is 1. The average Bonchev–Trinajstić information content (AvgIpc) is 3.36. The lowest BCUT2D eigenvalue weighted by atomic mass is 10.1. The molecule has 1 aliphatic heterocycles. The van der Waals surface area contributed by atoms with Crippen molar-refractivity contribution in [3.05, 3.63) is 34.8 Å². The number of benzene rings is 1. The van der Waals surface area contributed by atoms with E-state index in [9.17, 15) is 4.79 Å². The quantitative estimate of drug-likeness (QED) is 0.676. The summed E-state index contributed by atoms with van der Waals surface area (Å²) in [6.07, 6.45) is 2.90. The summed E-state index contributed by atoms with van der Waals surface area (Å²) in [5, 5.41) is 4.50. The van der Waals surface area contributed by atoms with Crippen LogP contribution in [0.4, 0.5) is 22.2 Å². The monoisotopic (exact) mass is 411 g/mol. The maximum atomic E-state index is 12.3. The first kappa shape index (κ1) is 18.1. The number of fused-ring (bicyclic) bond motifs is 2. The molecule has 0 unspecified atom stereocenters. The predicted molar refractivity (Wildman–Crippen MR) is 112 cm³/mol. The van der Waals surface area contributed by atoms with Crippen LogP contribution in [0.3, 0.4) is 0 Å². The van der Waals surface area contributed by atoms with Crippen molar-refractivity contribution in [2.75, 3.05) is 42.1 Å². The van der Waals surface area contributed by atoms with E-state index in [-0.39, 0.29) is 5.95 Å². The number of nitrogen functional groups attached to an aromatic ring is 1. The Bertz CT molecular complexity index is 1060. The van der Waals surface area contributed by atoms with Crippen molar-refractivity contribution < 1.29 is 9.63 Å². The first-order valence-corrected chi connectivity index (χ1v) is 10.5. The molecule has 3 aromatic rings. The van der Waals surface area contributed by atoms with Crippen molar-refractivity contribution in [1.82, 2.24) is 20.0 Å². The molecule has 0 saturated carbocycles. The molecule has 0 spiro atoms. The fourth-order valence-corrected chi connectivity index (χ4v) is 4.54.